The Hall–Kier alpha value is -1.96. The maximum atomic E-state index is 14.0. The summed E-state index contributed by atoms with van der Waals surface area (Å²) in [7, 11) is 3.92. The molecule has 2 aromatic carbocycles. The molecular weight excluding hydrogens is 369 g/mol. The van der Waals surface area contributed by atoms with Gasteiger partial charge in [-0.05, 0) is 38.4 Å². The zero-order chi connectivity index (χ0) is 18.5. The summed E-state index contributed by atoms with van der Waals surface area (Å²) >= 11 is 2.84. The summed E-state index contributed by atoms with van der Waals surface area (Å²) in [5.74, 6) is -0.0700. The maximum Gasteiger partial charge on any atom is 0.239 e. The fraction of sp³-hybridized carbons (Fsp3) is 0.263. The van der Waals surface area contributed by atoms with Crippen LogP contribution in [0.5, 0.6) is 0 Å². The Morgan fingerprint density at radius 3 is 2.58 bits per heavy atom. The SMILES string of the molecule is CN(C)CCN(C(=O)CSc1ccccc1)c1nc2c(F)cccc2s1. The first-order valence-electron chi connectivity index (χ1n) is 8.22. The van der Waals surface area contributed by atoms with Crippen molar-refractivity contribution in [2.45, 2.75) is 4.90 Å². The van der Waals surface area contributed by atoms with E-state index in [-0.39, 0.29) is 11.7 Å². The van der Waals surface area contributed by atoms with Crippen LogP contribution in [0.4, 0.5) is 9.52 Å². The number of para-hydroxylation sites is 1. The van der Waals surface area contributed by atoms with E-state index in [1.807, 2.05) is 55.4 Å². The molecule has 0 aliphatic rings. The van der Waals surface area contributed by atoms with E-state index in [9.17, 15) is 9.18 Å². The summed E-state index contributed by atoms with van der Waals surface area (Å²) < 4.78 is 14.7. The van der Waals surface area contributed by atoms with Gasteiger partial charge in [0, 0.05) is 18.0 Å². The molecule has 1 aromatic heterocycles. The van der Waals surface area contributed by atoms with E-state index in [1.54, 1.807) is 11.0 Å². The van der Waals surface area contributed by atoms with Crippen LogP contribution in [-0.2, 0) is 4.79 Å². The normalized spacial score (nSPS) is 11.2. The molecule has 3 rings (SSSR count). The van der Waals surface area contributed by atoms with Crippen molar-refractivity contribution in [2.75, 3.05) is 37.8 Å². The molecule has 0 N–H and O–H groups in total. The number of nitrogens with zero attached hydrogens (tertiary/aromatic N) is 3. The molecule has 136 valence electrons. The molecule has 0 saturated heterocycles. The largest absolute Gasteiger partial charge is 0.308 e. The van der Waals surface area contributed by atoms with Crippen molar-refractivity contribution in [3.05, 3.63) is 54.3 Å². The first-order valence-corrected chi connectivity index (χ1v) is 10.0. The van der Waals surface area contributed by atoms with Crippen molar-refractivity contribution >= 4 is 44.4 Å². The third-order valence-corrected chi connectivity index (χ3v) is 5.81. The number of aromatic nitrogens is 1. The number of likely N-dealkylation sites (N-methyl/N-ethyl adjacent to an activating group) is 1. The summed E-state index contributed by atoms with van der Waals surface area (Å²) in [6, 6.07) is 14.7. The Labute approximate surface area is 160 Å². The number of anilines is 1. The highest BCUT2D eigenvalue weighted by Gasteiger charge is 2.21. The lowest BCUT2D eigenvalue weighted by Crippen LogP contribution is -2.37. The molecule has 4 nitrogen and oxygen atoms in total. The first kappa shape index (κ1) is 18.8. The van der Waals surface area contributed by atoms with Crippen LogP contribution in [0, 0.1) is 5.82 Å². The topological polar surface area (TPSA) is 36.4 Å². The van der Waals surface area contributed by atoms with Gasteiger partial charge >= 0.3 is 0 Å². The molecule has 0 saturated carbocycles. The van der Waals surface area contributed by atoms with Gasteiger partial charge in [0.2, 0.25) is 5.91 Å². The lowest BCUT2D eigenvalue weighted by Gasteiger charge is -2.21. The molecule has 3 aromatic rings. The van der Waals surface area contributed by atoms with Crippen molar-refractivity contribution in [2.24, 2.45) is 0 Å². The average Bonchev–Trinajstić information content (AvgIpc) is 3.06. The molecule has 0 atom stereocenters. The van der Waals surface area contributed by atoms with Crippen LogP contribution in [0.2, 0.25) is 0 Å². The Bertz CT molecular complexity index is 883. The third kappa shape index (κ3) is 4.60. The fourth-order valence-electron chi connectivity index (χ4n) is 2.39. The van der Waals surface area contributed by atoms with Gasteiger partial charge in [-0.3, -0.25) is 9.69 Å². The van der Waals surface area contributed by atoms with Gasteiger partial charge in [0.25, 0.3) is 0 Å². The van der Waals surface area contributed by atoms with E-state index < -0.39 is 0 Å². The van der Waals surface area contributed by atoms with Gasteiger partial charge in [-0.25, -0.2) is 9.37 Å². The highest BCUT2D eigenvalue weighted by atomic mass is 32.2. The molecule has 0 radical (unpaired) electrons. The van der Waals surface area contributed by atoms with Gasteiger partial charge in [0.15, 0.2) is 5.13 Å². The summed E-state index contributed by atoms with van der Waals surface area (Å²) in [5, 5.41) is 0.547. The fourth-order valence-corrected chi connectivity index (χ4v) is 4.20. The molecule has 26 heavy (non-hydrogen) atoms. The molecule has 1 amide bonds. The monoisotopic (exact) mass is 389 g/mol. The predicted molar refractivity (Wildman–Crippen MR) is 108 cm³/mol. The van der Waals surface area contributed by atoms with Gasteiger partial charge < -0.3 is 4.90 Å². The summed E-state index contributed by atoms with van der Waals surface area (Å²) in [6.45, 7) is 1.22. The van der Waals surface area contributed by atoms with Crippen molar-refractivity contribution < 1.29 is 9.18 Å². The van der Waals surface area contributed by atoms with Crippen LogP contribution in [0.3, 0.4) is 0 Å². The maximum absolute atomic E-state index is 14.0. The van der Waals surface area contributed by atoms with E-state index in [4.69, 9.17) is 0 Å². The average molecular weight is 390 g/mol. The Morgan fingerprint density at radius 1 is 1.12 bits per heavy atom. The number of benzene rings is 2. The van der Waals surface area contributed by atoms with Gasteiger partial charge in [0.1, 0.15) is 11.3 Å². The number of thiazole rings is 1. The zero-order valence-corrected chi connectivity index (χ0v) is 16.3. The molecule has 0 bridgehead atoms. The molecular formula is C19H20FN3OS2. The molecule has 0 aliphatic carbocycles. The van der Waals surface area contributed by atoms with Gasteiger partial charge in [0.05, 0.1) is 10.5 Å². The Kier molecular flexibility index (Phi) is 6.24. The summed E-state index contributed by atoms with van der Waals surface area (Å²) in [5.41, 5.74) is 0.325. The second-order valence-corrected chi connectivity index (χ2v) is 8.09. The second-order valence-electron chi connectivity index (χ2n) is 6.03. The van der Waals surface area contributed by atoms with Crippen LogP contribution < -0.4 is 4.90 Å². The zero-order valence-electron chi connectivity index (χ0n) is 14.7. The Morgan fingerprint density at radius 2 is 1.88 bits per heavy atom. The van der Waals surface area contributed by atoms with Gasteiger partial charge in [-0.15, -0.1) is 11.8 Å². The van der Waals surface area contributed by atoms with Crippen molar-refractivity contribution in [1.82, 2.24) is 9.88 Å². The molecule has 0 aliphatic heterocycles. The minimum atomic E-state index is -0.358. The molecule has 7 heteroatoms. The lowest BCUT2D eigenvalue weighted by molar-refractivity contribution is -0.116. The predicted octanol–water partition coefficient (Wildman–Crippen LogP) is 4.12. The number of hydrogen-bond donors (Lipinski definition) is 0. The third-order valence-electron chi connectivity index (χ3n) is 3.77. The van der Waals surface area contributed by atoms with Crippen LogP contribution in [-0.4, -0.2) is 48.7 Å². The summed E-state index contributed by atoms with van der Waals surface area (Å²) in [6.07, 6.45) is 0. The van der Waals surface area contributed by atoms with Crippen molar-refractivity contribution in [3.8, 4) is 0 Å². The van der Waals surface area contributed by atoms with Gasteiger partial charge in [-0.1, -0.05) is 35.6 Å². The number of rotatable bonds is 7. The standard InChI is InChI=1S/C19H20FN3OS2/c1-22(2)11-12-23(17(24)13-25-14-7-4-3-5-8-14)19-21-18-15(20)9-6-10-16(18)26-19/h3-10H,11-13H2,1-2H3. The smallest absolute Gasteiger partial charge is 0.239 e. The molecule has 1 heterocycles. The number of carbonyl (C=O) groups is 1. The van der Waals surface area contributed by atoms with Crippen LogP contribution in [0.25, 0.3) is 10.2 Å². The van der Waals surface area contributed by atoms with E-state index in [1.165, 1.54) is 29.2 Å². The van der Waals surface area contributed by atoms with Crippen molar-refractivity contribution in [3.63, 3.8) is 0 Å². The van der Waals surface area contributed by atoms with Crippen LogP contribution in [0.1, 0.15) is 0 Å². The van der Waals surface area contributed by atoms with E-state index in [0.717, 1.165) is 9.60 Å². The van der Waals surface area contributed by atoms with E-state index >= 15 is 0 Å². The van der Waals surface area contributed by atoms with E-state index in [2.05, 4.69) is 4.98 Å². The van der Waals surface area contributed by atoms with Gasteiger partial charge in [-0.2, -0.15) is 0 Å². The number of hydrogen-bond acceptors (Lipinski definition) is 5. The highest BCUT2D eigenvalue weighted by Crippen LogP contribution is 2.31. The number of thioether (sulfide) groups is 1. The number of carbonyl (C=O) groups excluding carboxylic acids is 1. The highest BCUT2D eigenvalue weighted by molar-refractivity contribution is 8.00. The lowest BCUT2D eigenvalue weighted by atomic mass is 10.3. The molecule has 0 fully saturated rings. The minimum Gasteiger partial charge on any atom is -0.308 e. The van der Waals surface area contributed by atoms with E-state index in [0.29, 0.717) is 29.5 Å². The number of halogens is 1. The number of amides is 1. The quantitative estimate of drug-likeness (QED) is 0.570. The summed E-state index contributed by atoms with van der Waals surface area (Å²) in [4.78, 5) is 22.0. The van der Waals surface area contributed by atoms with Crippen LogP contribution >= 0.6 is 23.1 Å². The molecule has 0 unspecified atom stereocenters. The second kappa shape index (κ2) is 8.62. The van der Waals surface area contributed by atoms with Crippen LogP contribution in [0.15, 0.2) is 53.4 Å². The van der Waals surface area contributed by atoms with Crippen molar-refractivity contribution in [1.29, 1.82) is 0 Å². The first-order chi connectivity index (χ1) is 12.5. The number of fused-ring (bicyclic) bond motifs is 1. The Balaban J connectivity index is 1.81. The molecule has 0 spiro atoms. The minimum absolute atomic E-state index is 0.0276.